The van der Waals surface area contributed by atoms with Crippen LogP contribution in [0.3, 0.4) is 0 Å². The number of anilines is 1. The number of rotatable bonds is 5. The van der Waals surface area contributed by atoms with Gasteiger partial charge in [-0.2, -0.15) is 5.26 Å². The highest BCUT2D eigenvalue weighted by molar-refractivity contribution is 5.94. The Kier molecular flexibility index (Phi) is 5.54. The lowest BCUT2D eigenvalue weighted by Crippen LogP contribution is -2.36. The van der Waals surface area contributed by atoms with Crippen LogP contribution in [-0.2, 0) is 6.54 Å². The van der Waals surface area contributed by atoms with E-state index in [-0.39, 0.29) is 6.03 Å². The molecule has 9 heteroatoms. The second-order valence-corrected chi connectivity index (χ2v) is 9.87. The molecule has 1 fully saturated rings. The van der Waals surface area contributed by atoms with Gasteiger partial charge < -0.3 is 14.4 Å². The zero-order chi connectivity index (χ0) is 25.7. The Morgan fingerprint density at radius 2 is 1.84 bits per heavy atom. The topological polar surface area (TPSA) is 86.2 Å². The summed E-state index contributed by atoms with van der Waals surface area (Å²) in [5.74, 6) is 1.60. The van der Waals surface area contributed by atoms with Gasteiger partial charge in [0.25, 0.3) is 0 Å². The zero-order valence-electron chi connectivity index (χ0n) is 21.2. The first-order valence-corrected chi connectivity index (χ1v) is 12.4. The molecule has 9 nitrogen and oxygen atoms in total. The minimum atomic E-state index is 0.0568. The lowest BCUT2D eigenvalue weighted by Gasteiger charge is -2.21. The fourth-order valence-corrected chi connectivity index (χ4v) is 5.16. The number of nitrogens with zero attached hydrogens (tertiary/aromatic N) is 8. The Morgan fingerprint density at radius 3 is 2.59 bits per heavy atom. The molecular formula is C28H28N8O. The summed E-state index contributed by atoms with van der Waals surface area (Å²) >= 11 is 0. The van der Waals surface area contributed by atoms with Crippen molar-refractivity contribution in [3.63, 3.8) is 0 Å². The van der Waals surface area contributed by atoms with E-state index in [0.717, 1.165) is 65.0 Å². The number of nitriles is 1. The molecule has 4 aromatic rings. The number of aryl methyl sites for hydroxylation is 1. The van der Waals surface area contributed by atoms with E-state index in [1.807, 2.05) is 61.2 Å². The van der Waals surface area contributed by atoms with E-state index >= 15 is 0 Å². The third-order valence-electron chi connectivity index (χ3n) is 7.17. The van der Waals surface area contributed by atoms with Crippen LogP contribution in [0.2, 0.25) is 0 Å². The van der Waals surface area contributed by atoms with Crippen molar-refractivity contribution in [3.05, 3.63) is 71.7 Å². The van der Waals surface area contributed by atoms with E-state index in [2.05, 4.69) is 54.7 Å². The highest BCUT2D eigenvalue weighted by Gasteiger charge is 2.31. The molecular weight excluding hydrogens is 464 g/mol. The molecule has 6 rings (SSSR count). The van der Waals surface area contributed by atoms with Crippen LogP contribution in [0.1, 0.15) is 17.0 Å². The van der Waals surface area contributed by atoms with E-state index < -0.39 is 0 Å². The Morgan fingerprint density at radius 1 is 1.03 bits per heavy atom. The number of benzene rings is 2. The van der Waals surface area contributed by atoms with Crippen molar-refractivity contribution in [2.45, 2.75) is 13.5 Å². The van der Waals surface area contributed by atoms with Gasteiger partial charge in [-0.3, -0.25) is 9.47 Å². The number of likely N-dealkylation sites (N-methyl/N-ethyl adjacent to an activating group) is 1. The van der Waals surface area contributed by atoms with E-state index in [1.165, 1.54) is 0 Å². The molecule has 37 heavy (non-hydrogen) atoms. The van der Waals surface area contributed by atoms with Crippen molar-refractivity contribution in [1.82, 2.24) is 29.1 Å². The van der Waals surface area contributed by atoms with Crippen LogP contribution >= 0.6 is 0 Å². The van der Waals surface area contributed by atoms with Crippen molar-refractivity contribution in [3.8, 4) is 34.4 Å². The summed E-state index contributed by atoms with van der Waals surface area (Å²) < 4.78 is 4.29. The van der Waals surface area contributed by atoms with E-state index in [4.69, 9.17) is 5.26 Å². The van der Waals surface area contributed by atoms with Crippen LogP contribution in [0.5, 0.6) is 0 Å². The van der Waals surface area contributed by atoms with Gasteiger partial charge in [0.1, 0.15) is 5.82 Å². The van der Waals surface area contributed by atoms with Gasteiger partial charge >= 0.3 is 6.03 Å². The number of amides is 2. The normalized spacial score (nSPS) is 14.4. The second-order valence-electron chi connectivity index (χ2n) is 9.87. The maximum absolute atomic E-state index is 13.2. The molecule has 0 atom stereocenters. The van der Waals surface area contributed by atoms with Crippen LogP contribution in [0, 0.1) is 18.3 Å². The largest absolute Gasteiger partial charge is 0.340 e. The summed E-state index contributed by atoms with van der Waals surface area (Å²) in [5, 5.41) is 18.1. The first kappa shape index (κ1) is 23.0. The zero-order valence-corrected chi connectivity index (χ0v) is 21.2. The minimum absolute atomic E-state index is 0.0568. The number of carbonyl (C=O) groups excluding carboxylic acids is 1. The van der Waals surface area contributed by atoms with Gasteiger partial charge in [0.2, 0.25) is 0 Å². The predicted octanol–water partition coefficient (Wildman–Crippen LogP) is 3.75. The molecule has 2 aliphatic rings. The molecule has 0 saturated carbocycles. The van der Waals surface area contributed by atoms with Crippen LogP contribution in [0.4, 0.5) is 10.5 Å². The Bertz CT molecular complexity index is 1540. The van der Waals surface area contributed by atoms with Crippen LogP contribution < -0.4 is 4.90 Å². The van der Waals surface area contributed by atoms with Crippen LogP contribution in [0.25, 0.3) is 28.3 Å². The van der Waals surface area contributed by atoms with Crippen molar-refractivity contribution in [2.24, 2.45) is 0 Å². The average Bonchev–Trinajstić information content (AvgIpc) is 3.57. The maximum atomic E-state index is 13.2. The number of hydrogen-bond acceptors (Lipinski definition) is 5. The first-order chi connectivity index (χ1) is 17.9. The fraction of sp³-hybridized carbons (Fsp3) is 0.286. The molecule has 2 aromatic heterocycles. The quantitative estimate of drug-likeness (QED) is 0.373. The molecule has 186 valence electrons. The number of hydrogen-bond donors (Lipinski definition) is 0. The van der Waals surface area contributed by atoms with Gasteiger partial charge in [-0.25, -0.2) is 4.79 Å². The highest BCUT2D eigenvalue weighted by Crippen LogP contribution is 2.36. The van der Waals surface area contributed by atoms with Gasteiger partial charge in [0, 0.05) is 50.2 Å². The molecule has 0 unspecified atom stereocenters. The summed E-state index contributed by atoms with van der Waals surface area (Å²) in [6.07, 6.45) is 2.12. The lowest BCUT2D eigenvalue weighted by molar-refractivity contribution is 0.215. The van der Waals surface area contributed by atoms with Gasteiger partial charge in [0.05, 0.1) is 23.0 Å². The van der Waals surface area contributed by atoms with Gasteiger partial charge in [-0.1, -0.05) is 12.1 Å². The maximum Gasteiger partial charge on any atom is 0.324 e. The molecule has 0 radical (unpaired) electrons. The third-order valence-corrected chi connectivity index (χ3v) is 7.17. The SMILES string of the molecule is Cc1nnc2n1-c1ccc(N3CCN(CCN(C)C)C3=O)cc1Cn1cc(-c3ccc(C#N)cc3)cc1-2. The summed E-state index contributed by atoms with van der Waals surface area (Å²) in [5.41, 5.74) is 6.74. The third kappa shape index (κ3) is 3.96. The van der Waals surface area contributed by atoms with Crippen molar-refractivity contribution < 1.29 is 4.79 Å². The molecule has 0 aliphatic carbocycles. The molecule has 2 aromatic carbocycles. The molecule has 1 saturated heterocycles. The molecule has 2 amide bonds. The Hall–Kier alpha value is -4.42. The smallest absolute Gasteiger partial charge is 0.324 e. The van der Waals surface area contributed by atoms with Crippen molar-refractivity contribution in [1.29, 1.82) is 5.26 Å². The minimum Gasteiger partial charge on any atom is -0.340 e. The summed E-state index contributed by atoms with van der Waals surface area (Å²) in [6.45, 7) is 5.58. The van der Waals surface area contributed by atoms with Crippen LogP contribution in [0.15, 0.2) is 54.7 Å². The highest BCUT2D eigenvalue weighted by atomic mass is 16.2. The summed E-state index contributed by atoms with van der Waals surface area (Å²) in [7, 11) is 4.04. The van der Waals surface area contributed by atoms with E-state index in [0.29, 0.717) is 18.7 Å². The molecule has 0 bridgehead atoms. The summed E-state index contributed by atoms with van der Waals surface area (Å²) in [4.78, 5) is 19.0. The average molecular weight is 493 g/mol. The second kappa shape index (κ2) is 8.91. The van der Waals surface area contributed by atoms with E-state index in [1.54, 1.807) is 0 Å². The Balaban J connectivity index is 1.38. The number of carbonyl (C=O) groups is 1. The monoisotopic (exact) mass is 492 g/mol. The molecule has 0 N–H and O–H groups in total. The van der Waals surface area contributed by atoms with Gasteiger partial charge in [-0.05, 0) is 68.5 Å². The van der Waals surface area contributed by atoms with E-state index in [9.17, 15) is 4.79 Å². The standard InChI is InChI=1S/C28H28N8O/c1-19-30-31-27-26-15-22(21-6-4-20(16-29)5-7-21)17-34(26)18-23-14-24(8-9-25(23)36(19)27)35-13-12-33(28(35)37)11-10-32(2)3/h4-9,14-15,17H,10-13,18H2,1-3H3. The van der Waals surface area contributed by atoms with Crippen molar-refractivity contribution >= 4 is 11.7 Å². The Labute approximate surface area is 215 Å². The van der Waals surface area contributed by atoms with Gasteiger partial charge in [-0.15, -0.1) is 10.2 Å². The van der Waals surface area contributed by atoms with Crippen molar-refractivity contribution in [2.75, 3.05) is 45.2 Å². The first-order valence-electron chi connectivity index (χ1n) is 12.4. The molecule has 2 aliphatic heterocycles. The molecule has 0 spiro atoms. The fourth-order valence-electron chi connectivity index (χ4n) is 5.16. The lowest BCUT2D eigenvalue weighted by atomic mass is 10.1. The van der Waals surface area contributed by atoms with Crippen LogP contribution in [-0.4, -0.2) is 75.4 Å². The summed E-state index contributed by atoms with van der Waals surface area (Å²) in [6, 6.07) is 18.2. The van der Waals surface area contributed by atoms with Gasteiger partial charge in [0.15, 0.2) is 5.82 Å². The number of fused-ring (bicyclic) bond motifs is 5. The number of aromatic nitrogens is 4. The molecule has 4 heterocycles. The number of urea groups is 1. The predicted molar refractivity (Wildman–Crippen MR) is 142 cm³/mol.